The van der Waals surface area contributed by atoms with Crippen molar-refractivity contribution in [2.75, 3.05) is 0 Å². The summed E-state index contributed by atoms with van der Waals surface area (Å²) < 4.78 is 16.3. The number of carbonyl (C=O) groups is 1. The van der Waals surface area contributed by atoms with Gasteiger partial charge in [0.05, 0.1) is 5.69 Å². The monoisotopic (exact) mass is 334 g/mol. The van der Waals surface area contributed by atoms with E-state index in [1.807, 2.05) is 10.7 Å². The lowest BCUT2D eigenvalue weighted by Gasteiger charge is -2.08. The second-order valence-electron chi connectivity index (χ2n) is 6.22. The fourth-order valence-electron chi connectivity index (χ4n) is 2.26. The number of carboxylic acid groups (broad SMARTS) is 1. The number of hydrogen-bond acceptors (Lipinski definition) is 2. The number of carboxylic acids is 1. The molecule has 0 fully saturated rings. The molecule has 0 aliphatic rings. The molecular weight excluding hydrogens is 307 g/mol. The van der Waals surface area contributed by atoms with Gasteiger partial charge in [-0.1, -0.05) is 33.3 Å². The zero-order valence-electron chi connectivity index (χ0n) is 15.1. The highest BCUT2D eigenvalue weighted by atomic mass is 19.1. The molecule has 1 aromatic rings. The third-order valence-electron chi connectivity index (χ3n) is 3.71. The maximum Gasteiger partial charge on any atom is 0.328 e. The van der Waals surface area contributed by atoms with Crippen molar-refractivity contribution < 1.29 is 14.3 Å². The largest absolute Gasteiger partial charge is 0.478 e. The first-order chi connectivity index (χ1) is 11.3. The molecule has 0 spiro atoms. The summed E-state index contributed by atoms with van der Waals surface area (Å²) in [5, 5.41) is 13.2. The van der Waals surface area contributed by atoms with E-state index in [1.54, 1.807) is 13.8 Å². The van der Waals surface area contributed by atoms with Crippen molar-refractivity contribution in [1.82, 2.24) is 9.78 Å². The Kier molecular flexibility index (Phi) is 7.62. The Morgan fingerprint density at radius 3 is 2.58 bits per heavy atom. The fourth-order valence-corrected chi connectivity index (χ4v) is 2.26. The van der Waals surface area contributed by atoms with Crippen LogP contribution in [-0.4, -0.2) is 20.9 Å². The molecule has 0 saturated heterocycles. The predicted molar refractivity (Wildman–Crippen MR) is 95.5 cm³/mol. The van der Waals surface area contributed by atoms with Crippen LogP contribution in [0.25, 0.3) is 5.57 Å². The number of nitrogens with zero attached hydrogens (tertiary/aromatic N) is 2. The first-order valence-corrected chi connectivity index (χ1v) is 8.30. The van der Waals surface area contributed by atoms with Crippen molar-refractivity contribution in [2.24, 2.45) is 0 Å². The number of rotatable bonds is 8. The number of hydrogen-bond donors (Lipinski definition) is 1. The average molecular weight is 334 g/mol. The van der Waals surface area contributed by atoms with E-state index >= 15 is 0 Å². The standard InChI is InChI=1S/C19H27FN2O2/c1-6-7-10-22-18(13(2)3)12-17(21-22)15(5)16(20)9-8-14(4)11-19(23)24/h8-9,11-13H,6-7,10H2,1-5H3,(H,23,24). The van der Waals surface area contributed by atoms with Crippen LogP contribution in [0.2, 0.25) is 0 Å². The molecule has 1 heterocycles. The Hall–Kier alpha value is -2.17. The SMILES string of the molecule is CCCCn1nc(C(C)=C(F)C=CC(C)=CC(=O)O)cc1C(C)C. The van der Waals surface area contributed by atoms with E-state index in [0.29, 0.717) is 22.8 Å². The van der Waals surface area contributed by atoms with E-state index < -0.39 is 11.8 Å². The van der Waals surface area contributed by atoms with E-state index in [9.17, 15) is 9.18 Å². The van der Waals surface area contributed by atoms with Crippen molar-refractivity contribution >= 4 is 11.5 Å². The minimum atomic E-state index is -1.05. The fraction of sp³-hybridized carbons (Fsp3) is 0.474. The van der Waals surface area contributed by atoms with Gasteiger partial charge in [0, 0.05) is 23.9 Å². The molecule has 24 heavy (non-hydrogen) atoms. The lowest BCUT2D eigenvalue weighted by molar-refractivity contribution is -0.131. The highest BCUT2D eigenvalue weighted by Gasteiger charge is 2.13. The van der Waals surface area contributed by atoms with E-state index in [4.69, 9.17) is 5.11 Å². The lowest BCUT2D eigenvalue weighted by Crippen LogP contribution is -2.06. The molecule has 4 nitrogen and oxygen atoms in total. The van der Waals surface area contributed by atoms with Crippen molar-refractivity contribution in [2.45, 2.75) is 59.9 Å². The van der Waals surface area contributed by atoms with Gasteiger partial charge in [0.2, 0.25) is 0 Å². The molecule has 0 aliphatic carbocycles. The second-order valence-corrected chi connectivity index (χ2v) is 6.22. The zero-order valence-corrected chi connectivity index (χ0v) is 15.1. The van der Waals surface area contributed by atoms with Gasteiger partial charge in [-0.3, -0.25) is 4.68 Å². The first kappa shape index (κ1) is 19.9. The topological polar surface area (TPSA) is 55.1 Å². The number of aryl methyl sites for hydroxylation is 1. The van der Waals surface area contributed by atoms with Gasteiger partial charge in [0.1, 0.15) is 5.83 Å². The molecule has 132 valence electrons. The van der Waals surface area contributed by atoms with Gasteiger partial charge in [-0.25, -0.2) is 9.18 Å². The van der Waals surface area contributed by atoms with Crippen LogP contribution >= 0.6 is 0 Å². The smallest absolute Gasteiger partial charge is 0.328 e. The molecule has 5 heteroatoms. The van der Waals surface area contributed by atoms with Gasteiger partial charge in [-0.15, -0.1) is 0 Å². The molecule has 0 bridgehead atoms. The Morgan fingerprint density at radius 1 is 1.38 bits per heavy atom. The summed E-state index contributed by atoms with van der Waals surface area (Å²) in [6.45, 7) is 10.4. The van der Waals surface area contributed by atoms with Crippen LogP contribution in [0.4, 0.5) is 4.39 Å². The Bertz CT molecular complexity index is 667. The second kappa shape index (κ2) is 9.21. The van der Waals surface area contributed by atoms with E-state index in [1.165, 1.54) is 12.2 Å². The number of halogens is 1. The summed E-state index contributed by atoms with van der Waals surface area (Å²) in [5.74, 6) is -1.15. The quantitative estimate of drug-likeness (QED) is 0.532. The molecule has 0 amide bonds. The molecular formula is C19H27FN2O2. The van der Waals surface area contributed by atoms with Gasteiger partial charge in [0.15, 0.2) is 0 Å². The molecule has 0 atom stereocenters. The third kappa shape index (κ3) is 5.80. The summed E-state index contributed by atoms with van der Waals surface area (Å²) in [6, 6.07) is 1.93. The highest BCUT2D eigenvalue weighted by molar-refractivity contribution is 5.81. The van der Waals surface area contributed by atoms with Crippen LogP contribution in [0.5, 0.6) is 0 Å². The maximum atomic E-state index is 14.3. The normalized spacial score (nSPS) is 13.7. The number of allylic oxidation sites excluding steroid dienone is 5. The average Bonchev–Trinajstić information content (AvgIpc) is 2.93. The molecule has 1 N–H and O–H groups in total. The molecule has 0 aromatic carbocycles. The maximum absolute atomic E-state index is 14.3. The molecule has 0 saturated carbocycles. The van der Waals surface area contributed by atoms with Crippen LogP contribution < -0.4 is 0 Å². The molecule has 1 aromatic heterocycles. The minimum Gasteiger partial charge on any atom is -0.478 e. The van der Waals surface area contributed by atoms with Crippen LogP contribution in [0.3, 0.4) is 0 Å². The molecule has 0 unspecified atom stereocenters. The summed E-state index contributed by atoms with van der Waals surface area (Å²) >= 11 is 0. The van der Waals surface area contributed by atoms with Crippen LogP contribution in [0.15, 0.2) is 35.7 Å². The molecule has 1 rings (SSSR count). The van der Waals surface area contributed by atoms with Gasteiger partial charge >= 0.3 is 5.97 Å². The summed E-state index contributed by atoms with van der Waals surface area (Å²) in [5.41, 5.74) is 2.64. The van der Waals surface area contributed by atoms with Crippen LogP contribution in [0.1, 0.15) is 64.8 Å². The highest BCUT2D eigenvalue weighted by Crippen LogP contribution is 2.24. The Balaban J connectivity index is 3.10. The van der Waals surface area contributed by atoms with Crippen LogP contribution in [0, 0.1) is 0 Å². The van der Waals surface area contributed by atoms with Crippen molar-refractivity contribution in [3.8, 4) is 0 Å². The number of aliphatic carboxylic acids is 1. The van der Waals surface area contributed by atoms with Crippen molar-refractivity contribution in [3.05, 3.63) is 47.1 Å². The minimum absolute atomic E-state index is 0.315. The van der Waals surface area contributed by atoms with Gasteiger partial charge in [-0.05, 0) is 43.9 Å². The Morgan fingerprint density at radius 2 is 2.04 bits per heavy atom. The van der Waals surface area contributed by atoms with E-state index in [-0.39, 0.29) is 0 Å². The van der Waals surface area contributed by atoms with Gasteiger partial charge in [0.25, 0.3) is 0 Å². The first-order valence-electron chi connectivity index (χ1n) is 8.30. The van der Waals surface area contributed by atoms with Crippen molar-refractivity contribution in [3.63, 3.8) is 0 Å². The number of unbranched alkanes of at least 4 members (excludes halogenated alkanes) is 1. The van der Waals surface area contributed by atoms with E-state index in [0.717, 1.165) is 31.2 Å². The van der Waals surface area contributed by atoms with Crippen LogP contribution in [-0.2, 0) is 11.3 Å². The summed E-state index contributed by atoms with van der Waals surface area (Å²) in [4.78, 5) is 10.6. The number of aromatic nitrogens is 2. The predicted octanol–water partition coefficient (Wildman–Crippen LogP) is 5.09. The third-order valence-corrected chi connectivity index (χ3v) is 3.71. The van der Waals surface area contributed by atoms with E-state index in [2.05, 4.69) is 25.9 Å². The van der Waals surface area contributed by atoms with Gasteiger partial charge in [-0.2, -0.15) is 5.10 Å². The van der Waals surface area contributed by atoms with Gasteiger partial charge < -0.3 is 5.11 Å². The lowest BCUT2D eigenvalue weighted by atomic mass is 10.1. The molecule has 0 aliphatic heterocycles. The zero-order chi connectivity index (χ0) is 18.3. The summed E-state index contributed by atoms with van der Waals surface area (Å²) in [6.07, 6.45) is 5.88. The molecule has 0 radical (unpaired) electrons. The summed E-state index contributed by atoms with van der Waals surface area (Å²) in [7, 11) is 0. The van der Waals surface area contributed by atoms with Crippen molar-refractivity contribution in [1.29, 1.82) is 0 Å². The Labute approximate surface area is 143 Å².